The average molecular weight is 198 g/mol. The van der Waals surface area contributed by atoms with E-state index in [-0.39, 0.29) is 5.54 Å². The molecule has 0 aromatic carbocycles. The van der Waals surface area contributed by atoms with Gasteiger partial charge in [0, 0.05) is 18.6 Å². The SMILES string of the molecule is CCC(C)(N)CN(C)CC1CCCC1. The molecule has 14 heavy (non-hydrogen) atoms. The summed E-state index contributed by atoms with van der Waals surface area (Å²) in [6, 6.07) is 0. The van der Waals surface area contributed by atoms with Crippen LogP contribution in [0.4, 0.5) is 0 Å². The van der Waals surface area contributed by atoms with Crippen molar-refractivity contribution >= 4 is 0 Å². The second-order valence-corrected chi connectivity index (χ2v) is 5.35. The highest BCUT2D eigenvalue weighted by Gasteiger charge is 2.21. The van der Waals surface area contributed by atoms with Gasteiger partial charge in [0.2, 0.25) is 0 Å². The zero-order valence-electron chi connectivity index (χ0n) is 10.1. The Morgan fingerprint density at radius 2 is 1.93 bits per heavy atom. The van der Waals surface area contributed by atoms with Crippen LogP contribution in [0.25, 0.3) is 0 Å². The lowest BCUT2D eigenvalue weighted by Crippen LogP contribution is -2.47. The summed E-state index contributed by atoms with van der Waals surface area (Å²) in [5.41, 5.74) is 6.14. The van der Waals surface area contributed by atoms with Crippen molar-refractivity contribution in [2.24, 2.45) is 11.7 Å². The molecule has 0 aromatic rings. The second-order valence-electron chi connectivity index (χ2n) is 5.35. The van der Waals surface area contributed by atoms with E-state index in [9.17, 15) is 0 Å². The van der Waals surface area contributed by atoms with Crippen molar-refractivity contribution in [3.05, 3.63) is 0 Å². The van der Waals surface area contributed by atoms with Crippen LogP contribution in [0.1, 0.15) is 46.0 Å². The van der Waals surface area contributed by atoms with E-state index in [1.165, 1.54) is 32.2 Å². The van der Waals surface area contributed by atoms with Crippen LogP contribution in [0.15, 0.2) is 0 Å². The van der Waals surface area contributed by atoms with Crippen LogP contribution in [0, 0.1) is 5.92 Å². The van der Waals surface area contributed by atoms with Crippen molar-refractivity contribution in [2.45, 2.75) is 51.5 Å². The fourth-order valence-corrected chi connectivity index (χ4v) is 2.43. The Balaban J connectivity index is 2.23. The first kappa shape index (κ1) is 12.0. The molecule has 84 valence electrons. The maximum absolute atomic E-state index is 6.15. The van der Waals surface area contributed by atoms with Crippen LogP contribution in [-0.4, -0.2) is 30.6 Å². The minimum Gasteiger partial charge on any atom is -0.324 e. The summed E-state index contributed by atoms with van der Waals surface area (Å²) in [6.07, 6.45) is 6.79. The average Bonchev–Trinajstić information content (AvgIpc) is 2.55. The van der Waals surface area contributed by atoms with Gasteiger partial charge in [0.15, 0.2) is 0 Å². The van der Waals surface area contributed by atoms with Gasteiger partial charge in [-0.1, -0.05) is 19.8 Å². The quantitative estimate of drug-likeness (QED) is 0.734. The first-order valence-electron chi connectivity index (χ1n) is 6.01. The number of hydrogen-bond acceptors (Lipinski definition) is 2. The monoisotopic (exact) mass is 198 g/mol. The molecule has 0 aliphatic heterocycles. The van der Waals surface area contributed by atoms with E-state index in [2.05, 4.69) is 25.8 Å². The summed E-state index contributed by atoms with van der Waals surface area (Å²) in [5, 5.41) is 0. The van der Waals surface area contributed by atoms with Crippen molar-refractivity contribution < 1.29 is 0 Å². The smallest absolute Gasteiger partial charge is 0.0252 e. The number of hydrogen-bond donors (Lipinski definition) is 1. The van der Waals surface area contributed by atoms with Gasteiger partial charge in [-0.25, -0.2) is 0 Å². The molecule has 1 atom stereocenters. The van der Waals surface area contributed by atoms with Crippen molar-refractivity contribution in [3.8, 4) is 0 Å². The first-order chi connectivity index (χ1) is 6.53. The van der Waals surface area contributed by atoms with E-state index in [4.69, 9.17) is 5.73 Å². The zero-order chi connectivity index (χ0) is 10.6. The molecule has 0 spiro atoms. The molecule has 0 amide bonds. The molecule has 0 heterocycles. The molecule has 0 bridgehead atoms. The van der Waals surface area contributed by atoms with Gasteiger partial charge < -0.3 is 10.6 Å². The van der Waals surface area contributed by atoms with Crippen molar-refractivity contribution in [1.29, 1.82) is 0 Å². The molecular weight excluding hydrogens is 172 g/mol. The van der Waals surface area contributed by atoms with E-state index < -0.39 is 0 Å². The molecule has 1 fully saturated rings. The van der Waals surface area contributed by atoms with E-state index in [0.29, 0.717) is 0 Å². The van der Waals surface area contributed by atoms with Gasteiger partial charge in [-0.2, -0.15) is 0 Å². The number of nitrogens with two attached hydrogens (primary N) is 1. The summed E-state index contributed by atoms with van der Waals surface area (Å²) >= 11 is 0. The Hall–Kier alpha value is -0.0800. The third-order valence-corrected chi connectivity index (χ3v) is 3.48. The fraction of sp³-hybridized carbons (Fsp3) is 1.00. The number of likely N-dealkylation sites (N-methyl/N-ethyl adjacent to an activating group) is 1. The summed E-state index contributed by atoms with van der Waals surface area (Å²) in [5.74, 6) is 0.938. The molecule has 1 saturated carbocycles. The minimum atomic E-state index is -0.00659. The molecule has 2 heteroatoms. The number of nitrogens with zero attached hydrogens (tertiary/aromatic N) is 1. The molecule has 1 rings (SSSR count). The molecule has 0 aromatic heterocycles. The molecular formula is C12H26N2. The Labute approximate surface area is 88.8 Å². The minimum absolute atomic E-state index is 0.00659. The molecule has 1 aliphatic rings. The summed E-state index contributed by atoms with van der Waals surface area (Å²) in [6.45, 7) is 6.59. The van der Waals surface area contributed by atoms with Gasteiger partial charge in [-0.05, 0) is 39.2 Å². The van der Waals surface area contributed by atoms with Crippen LogP contribution in [0.2, 0.25) is 0 Å². The molecule has 1 unspecified atom stereocenters. The second kappa shape index (κ2) is 5.13. The van der Waals surface area contributed by atoms with Gasteiger partial charge >= 0.3 is 0 Å². The molecule has 0 saturated heterocycles. The predicted octanol–water partition coefficient (Wildman–Crippen LogP) is 2.24. The van der Waals surface area contributed by atoms with Crippen LogP contribution in [-0.2, 0) is 0 Å². The third kappa shape index (κ3) is 3.97. The largest absolute Gasteiger partial charge is 0.324 e. The van der Waals surface area contributed by atoms with Crippen LogP contribution >= 0.6 is 0 Å². The van der Waals surface area contributed by atoms with Crippen molar-refractivity contribution in [2.75, 3.05) is 20.1 Å². The van der Waals surface area contributed by atoms with Gasteiger partial charge in [0.1, 0.15) is 0 Å². The Bertz CT molecular complexity index is 160. The van der Waals surface area contributed by atoms with Crippen LogP contribution in [0.5, 0.6) is 0 Å². The molecule has 2 N–H and O–H groups in total. The lowest BCUT2D eigenvalue weighted by Gasteiger charge is -2.30. The third-order valence-electron chi connectivity index (χ3n) is 3.48. The maximum atomic E-state index is 6.15. The van der Waals surface area contributed by atoms with E-state index >= 15 is 0 Å². The number of rotatable bonds is 5. The van der Waals surface area contributed by atoms with Crippen LogP contribution < -0.4 is 5.73 Å². The summed E-state index contributed by atoms with van der Waals surface area (Å²) in [4.78, 5) is 2.42. The Morgan fingerprint density at radius 3 is 2.43 bits per heavy atom. The highest BCUT2D eigenvalue weighted by molar-refractivity contribution is 4.81. The fourth-order valence-electron chi connectivity index (χ4n) is 2.43. The lowest BCUT2D eigenvalue weighted by molar-refractivity contribution is 0.221. The highest BCUT2D eigenvalue weighted by Crippen LogP contribution is 2.25. The van der Waals surface area contributed by atoms with Gasteiger partial charge in [-0.15, -0.1) is 0 Å². The van der Waals surface area contributed by atoms with Crippen LogP contribution in [0.3, 0.4) is 0 Å². The van der Waals surface area contributed by atoms with Gasteiger partial charge in [-0.3, -0.25) is 0 Å². The molecule has 2 nitrogen and oxygen atoms in total. The lowest BCUT2D eigenvalue weighted by atomic mass is 9.99. The van der Waals surface area contributed by atoms with Gasteiger partial charge in [0.25, 0.3) is 0 Å². The Morgan fingerprint density at radius 1 is 1.36 bits per heavy atom. The summed E-state index contributed by atoms with van der Waals surface area (Å²) < 4.78 is 0. The zero-order valence-corrected chi connectivity index (χ0v) is 10.1. The van der Waals surface area contributed by atoms with Crippen molar-refractivity contribution in [1.82, 2.24) is 4.90 Å². The Kier molecular flexibility index (Phi) is 4.39. The normalized spacial score (nSPS) is 22.9. The molecule has 0 radical (unpaired) electrons. The highest BCUT2D eigenvalue weighted by atomic mass is 15.1. The van der Waals surface area contributed by atoms with Gasteiger partial charge in [0.05, 0.1) is 0 Å². The standard InChI is InChI=1S/C12H26N2/c1-4-12(2,13)10-14(3)9-11-7-5-6-8-11/h11H,4-10,13H2,1-3H3. The van der Waals surface area contributed by atoms with E-state index in [1.807, 2.05) is 0 Å². The van der Waals surface area contributed by atoms with Crippen molar-refractivity contribution in [3.63, 3.8) is 0 Å². The molecule has 1 aliphatic carbocycles. The maximum Gasteiger partial charge on any atom is 0.0252 e. The predicted molar refractivity (Wildman–Crippen MR) is 62.3 cm³/mol. The van der Waals surface area contributed by atoms with E-state index in [1.54, 1.807) is 0 Å². The first-order valence-corrected chi connectivity index (χ1v) is 6.01. The summed E-state index contributed by atoms with van der Waals surface area (Å²) in [7, 11) is 2.21. The topological polar surface area (TPSA) is 29.3 Å². The van der Waals surface area contributed by atoms with E-state index in [0.717, 1.165) is 18.9 Å².